The lowest BCUT2D eigenvalue weighted by Crippen LogP contribution is -2.41. The second kappa shape index (κ2) is 5.94. The van der Waals surface area contributed by atoms with Crippen LogP contribution in [0.1, 0.15) is 35.8 Å². The third-order valence-corrected chi connectivity index (χ3v) is 4.64. The molecule has 0 bridgehead atoms. The summed E-state index contributed by atoms with van der Waals surface area (Å²) in [6, 6.07) is 2.23. The van der Waals surface area contributed by atoms with E-state index >= 15 is 0 Å². The van der Waals surface area contributed by atoms with Crippen LogP contribution in [0.2, 0.25) is 0 Å². The summed E-state index contributed by atoms with van der Waals surface area (Å²) in [6.07, 6.45) is 6.33. The molecule has 0 saturated carbocycles. The van der Waals surface area contributed by atoms with Gasteiger partial charge in [-0.2, -0.15) is 10.2 Å². The van der Waals surface area contributed by atoms with Gasteiger partial charge in [-0.05, 0) is 32.8 Å². The first-order chi connectivity index (χ1) is 10.6. The van der Waals surface area contributed by atoms with Crippen molar-refractivity contribution >= 4 is 5.91 Å². The zero-order chi connectivity index (χ0) is 15.7. The van der Waals surface area contributed by atoms with Crippen LogP contribution in [-0.2, 0) is 18.3 Å². The average Bonchev–Trinajstić information content (AvgIpc) is 3.12. The molecule has 0 unspecified atom stereocenters. The largest absolute Gasteiger partial charge is 0.340 e. The van der Waals surface area contributed by atoms with E-state index in [0.29, 0.717) is 12.5 Å². The van der Waals surface area contributed by atoms with E-state index in [-0.39, 0.29) is 5.91 Å². The van der Waals surface area contributed by atoms with Crippen molar-refractivity contribution < 1.29 is 4.79 Å². The topological polar surface area (TPSA) is 56.0 Å². The molecule has 0 aromatic carbocycles. The fraction of sp³-hybridized carbons (Fsp3) is 0.562. The Balaban J connectivity index is 1.69. The molecular formula is C16H23N5O. The molecule has 0 N–H and O–H groups in total. The molecule has 2 aromatic rings. The summed E-state index contributed by atoms with van der Waals surface area (Å²) in [5, 5.41) is 8.71. The Bertz CT molecular complexity index is 658. The van der Waals surface area contributed by atoms with Crippen LogP contribution in [0.5, 0.6) is 0 Å². The highest BCUT2D eigenvalue weighted by Crippen LogP contribution is 2.22. The molecule has 1 saturated heterocycles. The Morgan fingerprint density at radius 1 is 1.41 bits per heavy atom. The Morgan fingerprint density at radius 3 is 2.86 bits per heavy atom. The number of carbonyl (C=O) groups excluding carboxylic acids is 1. The van der Waals surface area contributed by atoms with E-state index in [2.05, 4.69) is 10.2 Å². The van der Waals surface area contributed by atoms with Gasteiger partial charge in [0.2, 0.25) is 5.91 Å². The molecule has 2 aromatic heterocycles. The lowest BCUT2D eigenvalue weighted by atomic mass is 10.0. The van der Waals surface area contributed by atoms with E-state index in [1.807, 2.05) is 47.4 Å². The molecule has 3 rings (SSSR count). The first-order valence-corrected chi connectivity index (χ1v) is 7.82. The number of amides is 1. The van der Waals surface area contributed by atoms with Gasteiger partial charge in [0.1, 0.15) is 0 Å². The quantitative estimate of drug-likeness (QED) is 0.866. The molecule has 3 heterocycles. The summed E-state index contributed by atoms with van der Waals surface area (Å²) in [7, 11) is 1.92. The molecule has 118 valence electrons. The smallest absolute Gasteiger partial charge is 0.227 e. The van der Waals surface area contributed by atoms with Gasteiger partial charge in [-0.3, -0.25) is 14.2 Å². The van der Waals surface area contributed by atoms with E-state index in [9.17, 15) is 4.79 Å². The molecule has 22 heavy (non-hydrogen) atoms. The normalized spacial score (nSPS) is 18.7. The number of hydrogen-bond acceptors (Lipinski definition) is 3. The van der Waals surface area contributed by atoms with Gasteiger partial charge < -0.3 is 4.90 Å². The van der Waals surface area contributed by atoms with Gasteiger partial charge in [0.05, 0.1) is 18.2 Å². The maximum absolute atomic E-state index is 12.7. The minimum absolute atomic E-state index is 0.191. The number of aromatic nitrogens is 4. The van der Waals surface area contributed by atoms with Gasteiger partial charge in [-0.25, -0.2) is 0 Å². The molecule has 6 heteroatoms. The molecule has 6 nitrogen and oxygen atoms in total. The van der Waals surface area contributed by atoms with Crippen molar-refractivity contribution in [1.82, 2.24) is 24.5 Å². The standard InChI is InChI=1S/C16H23N5O/c1-12-15(13(2)19(3)18-12)10-16(22)20-8-4-6-14(11-20)21-9-5-7-17-21/h5,7,9,14H,4,6,8,10-11H2,1-3H3/t14-/m0/s1. The number of piperidine rings is 1. The molecule has 1 aliphatic heterocycles. The highest BCUT2D eigenvalue weighted by Gasteiger charge is 2.26. The molecule has 1 atom stereocenters. The first kappa shape index (κ1) is 14.8. The SMILES string of the molecule is Cc1nn(C)c(C)c1CC(=O)N1CCC[C@H](n2cccn2)C1. The highest BCUT2D eigenvalue weighted by molar-refractivity contribution is 5.79. The molecule has 1 amide bonds. The number of likely N-dealkylation sites (tertiary alicyclic amines) is 1. The Morgan fingerprint density at radius 2 is 2.23 bits per heavy atom. The monoisotopic (exact) mass is 301 g/mol. The molecule has 0 spiro atoms. The zero-order valence-corrected chi connectivity index (χ0v) is 13.5. The second-order valence-corrected chi connectivity index (χ2v) is 6.07. The lowest BCUT2D eigenvalue weighted by Gasteiger charge is -2.33. The zero-order valence-electron chi connectivity index (χ0n) is 13.5. The van der Waals surface area contributed by atoms with E-state index in [4.69, 9.17) is 0 Å². The molecule has 1 aliphatic rings. The van der Waals surface area contributed by atoms with Crippen LogP contribution >= 0.6 is 0 Å². The number of aryl methyl sites for hydroxylation is 2. The van der Waals surface area contributed by atoms with Crippen molar-refractivity contribution in [1.29, 1.82) is 0 Å². The molecule has 1 fully saturated rings. The Labute approximate surface area is 130 Å². The van der Waals surface area contributed by atoms with E-state index in [1.165, 1.54) is 0 Å². The Hall–Kier alpha value is -2.11. The van der Waals surface area contributed by atoms with Crippen molar-refractivity contribution in [3.8, 4) is 0 Å². The Kier molecular flexibility index (Phi) is 4.00. The van der Waals surface area contributed by atoms with Crippen molar-refractivity contribution in [2.75, 3.05) is 13.1 Å². The van der Waals surface area contributed by atoms with Crippen molar-refractivity contribution in [3.05, 3.63) is 35.4 Å². The summed E-state index contributed by atoms with van der Waals surface area (Å²) >= 11 is 0. The summed E-state index contributed by atoms with van der Waals surface area (Å²) in [5.74, 6) is 0.191. The van der Waals surface area contributed by atoms with Gasteiger partial charge in [-0.15, -0.1) is 0 Å². The van der Waals surface area contributed by atoms with Gasteiger partial charge in [-0.1, -0.05) is 0 Å². The van der Waals surface area contributed by atoms with Crippen molar-refractivity contribution in [2.45, 2.75) is 39.2 Å². The summed E-state index contributed by atoms with van der Waals surface area (Å²) in [6.45, 7) is 5.58. The molecule has 0 aliphatic carbocycles. The predicted molar refractivity (Wildman–Crippen MR) is 83.5 cm³/mol. The van der Waals surface area contributed by atoms with Gasteiger partial charge in [0, 0.05) is 43.8 Å². The third kappa shape index (κ3) is 2.77. The van der Waals surface area contributed by atoms with Gasteiger partial charge in [0.15, 0.2) is 0 Å². The van der Waals surface area contributed by atoms with E-state index in [1.54, 1.807) is 6.20 Å². The number of carbonyl (C=O) groups is 1. The number of nitrogens with zero attached hydrogens (tertiary/aromatic N) is 5. The molecular weight excluding hydrogens is 278 g/mol. The predicted octanol–water partition coefficient (Wildman–Crippen LogP) is 1.64. The molecule has 0 radical (unpaired) electrons. The summed E-state index contributed by atoms with van der Waals surface area (Å²) in [4.78, 5) is 14.6. The van der Waals surface area contributed by atoms with Crippen LogP contribution in [0.25, 0.3) is 0 Å². The van der Waals surface area contributed by atoms with Crippen molar-refractivity contribution in [3.63, 3.8) is 0 Å². The van der Waals surface area contributed by atoms with Gasteiger partial charge in [0.25, 0.3) is 0 Å². The average molecular weight is 301 g/mol. The van der Waals surface area contributed by atoms with Crippen LogP contribution in [-0.4, -0.2) is 43.5 Å². The lowest BCUT2D eigenvalue weighted by molar-refractivity contribution is -0.132. The fourth-order valence-corrected chi connectivity index (χ4v) is 3.23. The van der Waals surface area contributed by atoms with Gasteiger partial charge >= 0.3 is 0 Å². The van der Waals surface area contributed by atoms with Crippen LogP contribution in [0.3, 0.4) is 0 Å². The van der Waals surface area contributed by atoms with E-state index < -0.39 is 0 Å². The first-order valence-electron chi connectivity index (χ1n) is 7.82. The highest BCUT2D eigenvalue weighted by atomic mass is 16.2. The summed E-state index contributed by atoms with van der Waals surface area (Å²) in [5.41, 5.74) is 3.09. The number of rotatable bonds is 3. The van der Waals surface area contributed by atoms with Crippen LogP contribution in [0.4, 0.5) is 0 Å². The second-order valence-electron chi connectivity index (χ2n) is 6.07. The van der Waals surface area contributed by atoms with Crippen LogP contribution in [0, 0.1) is 13.8 Å². The third-order valence-electron chi connectivity index (χ3n) is 4.64. The maximum Gasteiger partial charge on any atom is 0.227 e. The van der Waals surface area contributed by atoms with Crippen LogP contribution in [0.15, 0.2) is 18.5 Å². The van der Waals surface area contributed by atoms with E-state index in [0.717, 1.165) is 42.9 Å². The minimum atomic E-state index is 0.191. The summed E-state index contributed by atoms with van der Waals surface area (Å²) < 4.78 is 3.82. The number of hydrogen-bond donors (Lipinski definition) is 0. The maximum atomic E-state index is 12.7. The van der Waals surface area contributed by atoms with Crippen LogP contribution < -0.4 is 0 Å². The minimum Gasteiger partial charge on any atom is -0.340 e. The fourth-order valence-electron chi connectivity index (χ4n) is 3.23. The van der Waals surface area contributed by atoms with Crippen molar-refractivity contribution in [2.24, 2.45) is 7.05 Å².